The summed E-state index contributed by atoms with van der Waals surface area (Å²) in [6, 6.07) is 10.4. The third kappa shape index (κ3) is 3.76. The minimum absolute atomic E-state index is 0.111. The van der Waals surface area contributed by atoms with E-state index in [9.17, 15) is 8.78 Å². The second-order valence-corrected chi connectivity index (χ2v) is 4.10. The van der Waals surface area contributed by atoms with E-state index in [1.807, 2.05) is 19.1 Å². The Morgan fingerprint density at radius 1 is 1.11 bits per heavy atom. The molecule has 0 fully saturated rings. The van der Waals surface area contributed by atoms with E-state index in [1.54, 1.807) is 12.1 Å². The van der Waals surface area contributed by atoms with Crippen molar-refractivity contribution in [3.63, 3.8) is 0 Å². The molecule has 0 saturated carbocycles. The van der Waals surface area contributed by atoms with Gasteiger partial charge in [0.25, 0.3) is 0 Å². The van der Waals surface area contributed by atoms with Crippen LogP contribution < -0.4 is 10.1 Å². The molecule has 0 aliphatic carbocycles. The van der Waals surface area contributed by atoms with Gasteiger partial charge in [-0.25, -0.2) is 8.78 Å². The molecule has 0 bridgehead atoms. The number of rotatable bonds is 5. The average molecular weight is 263 g/mol. The average Bonchev–Trinajstić information content (AvgIpc) is 2.41. The maximum absolute atomic E-state index is 13.5. The zero-order valence-corrected chi connectivity index (χ0v) is 10.6. The van der Waals surface area contributed by atoms with Gasteiger partial charge in [-0.05, 0) is 36.4 Å². The minimum atomic E-state index is -0.585. The van der Waals surface area contributed by atoms with Crippen LogP contribution in [0.1, 0.15) is 12.5 Å². The smallest absolute Gasteiger partial charge is 0.165 e. The molecule has 0 saturated heterocycles. The monoisotopic (exact) mass is 263 g/mol. The Bertz CT molecular complexity index is 558. The Balaban J connectivity index is 2.16. The van der Waals surface area contributed by atoms with Gasteiger partial charge >= 0.3 is 0 Å². The predicted molar refractivity (Wildman–Crippen MR) is 70.3 cm³/mol. The van der Waals surface area contributed by atoms with Gasteiger partial charge in [-0.15, -0.1) is 0 Å². The first-order chi connectivity index (χ1) is 9.19. The Labute approximate surface area is 111 Å². The fraction of sp³-hybridized carbons (Fsp3) is 0.200. The standard InChI is InChI=1S/C15H15F2NO/c1-2-18-10-11-4-3-5-13(8-11)19-15-9-12(16)6-7-14(15)17/h3-9,18H,2,10H2,1H3. The largest absolute Gasteiger partial charge is 0.454 e. The Morgan fingerprint density at radius 2 is 1.95 bits per heavy atom. The highest BCUT2D eigenvalue weighted by Gasteiger charge is 2.06. The molecule has 0 unspecified atom stereocenters. The van der Waals surface area contributed by atoms with Crippen LogP contribution >= 0.6 is 0 Å². The lowest BCUT2D eigenvalue weighted by molar-refractivity contribution is 0.436. The molecule has 2 aromatic carbocycles. The van der Waals surface area contributed by atoms with Crippen molar-refractivity contribution in [2.45, 2.75) is 13.5 Å². The molecule has 1 N–H and O–H groups in total. The van der Waals surface area contributed by atoms with Gasteiger partial charge in [0.15, 0.2) is 11.6 Å². The van der Waals surface area contributed by atoms with Gasteiger partial charge in [-0.2, -0.15) is 0 Å². The van der Waals surface area contributed by atoms with E-state index < -0.39 is 11.6 Å². The van der Waals surface area contributed by atoms with E-state index in [0.717, 1.165) is 30.3 Å². The summed E-state index contributed by atoms with van der Waals surface area (Å²) in [7, 11) is 0. The number of hydrogen-bond donors (Lipinski definition) is 1. The summed E-state index contributed by atoms with van der Waals surface area (Å²) in [5.74, 6) is -0.737. The van der Waals surface area contributed by atoms with Gasteiger partial charge in [0, 0.05) is 12.6 Å². The van der Waals surface area contributed by atoms with E-state index in [-0.39, 0.29) is 5.75 Å². The molecule has 0 atom stereocenters. The Hall–Kier alpha value is -1.94. The molecule has 19 heavy (non-hydrogen) atoms. The summed E-state index contributed by atoms with van der Waals surface area (Å²) >= 11 is 0. The van der Waals surface area contributed by atoms with E-state index in [4.69, 9.17) is 4.74 Å². The topological polar surface area (TPSA) is 21.3 Å². The quantitative estimate of drug-likeness (QED) is 0.884. The third-order valence-corrected chi connectivity index (χ3v) is 2.60. The first-order valence-electron chi connectivity index (χ1n) is 6.11. The zero-order valence-electron chi connectivity index (χ0n) is 10.6. The van der Waals surface area contributed by atoms with Crippen LogP contribution in [0.25, 0.3) is 0 Å². The molecule has 0 aliphatic rings. The van der Waals surface area contributed by atoms with Crippen molar-refractivity contribution in [1.29, 1.82) is 0 Å². The highest BCUT2D eigenvalue weighted by atomic mass is 19.1. The molecule has 0 aliphatic heterocycles. The molecule has 100 valence electrons. The van der Waals surface area contributed by atoms with Crippen molar-refractivity contribution < 1.29 is 13.5 Å². The van der Waals surface area contributed by atoms with Gasteiger partial charge < -0.3 is 10.1 Å². The normalized spacial score (nSPS) is 10.5. The van der Waals surface area contributed by atoms with Crippen LogP contribution in [0.15, 0.2) is 42.5 Å². The summed E-state index contributed by atoms with van der Waals surface area (Å²) in [4.78, 5) is 0. The van der Waals surface area contributed by atoms with Gasteiger partial charge in [0.1, 0.15) is 11.6 Å². The van der Waals surface area contributed by atoms with E-state index in [0.29, 0.717) is 12.3 Å². The van der Waals surface area contributed by atoms with Crippen LogP contribution in [0.5, 0.6) is 11.5 Å². The molecule has 2 rings (SSSR count). The third-order valence-electron chi connectivity index (χ3n) is 2.60. The van der Waals surface area contributed by atoms with E-state index in [2.05, 4.69) is 5.32 Å². The fourth-order valence-corrected chi connectivity index (χ4v) is 1.67. The molecule has 0 aromatic heterocycles. The molecular formula is C15H15F2NO. The first-order valence-corrected chi connectivity index (χ1v) is 6.11. The van der Waals surface area contributed by atoms with Crippen LogP contribution in [-0.4, -0.2) is 6.54 Å². The van der Waals surface area contributed by atoms with Crippen LogP contribution in [0.2, 0.25) is 0 Å². The number of halogens is 2. The second kappa shape index (κ2) is 6.29. The van der Waals surface area contributed by atoms with Crippen molar-refractivity contribution in [1.82, 2.24) is 5.32 Å². The Morgan fingerprint density at radius 3 is 2.74 bits per heavy atom. The van der Waals surface area contributed by atoms with Crippen LogP contribution in [0.3, 0.4) is 0 Å². The molecule has 0 heterocycles. The number of ether oxygens (including phenoxy) is 1. The Kier molecular flexibility index (Phi) is 4.47. The maximum Gasteiger partial charge on any atom is 0.165 e. The SMILES string of the molecule is CCNCc1cccc(Oc2cc(F)ccc2F)c1. The van der Waals surface area contributed by atoms with E-state index in [1.165, 1.54) is 0 Å². The highest BCUT2D eigenvalue weighted by Crippen LogP contribution is 2.25. The van der Waals surface area contributed by atoms with Crippen molar-refractivity contribution >= 4 is 0 Å². The lowest BCUT2D eigenvalue weighted by atomic mass is 10.2. The summed E-state index contributed by atoms with van der Waals surface area (Å²) < 4.78 is 31.9. The highest BCUT2D eigenvalue weighted by molar-refractivity contribution is 5.34. The van der Waals surface area contributed by atoms with Crippen molar-refractivity contribution in [3.05, 3.63) is 59.7 Å². The zero-order chi connectivity index (χ0) is 13.7. The summed E-state index contributed by atoms with van der Waals surface area (Å²) in [5.41, 5.74) is 1.02. The molecule has 2 nitrogen and oxygen atoms in total. The summed E-state index contributed by atoms with van der Waals surface area (Å²) in [6.45, 7) is 3.59. The van der Waals surface area contributed by atoms with Crippen molar-refractivity contribution in [2.24, 2.45) is 0 Å². The van der Waals surface area contributed by atoms with Crippen LogP contribution in [-0.2, 0) is 6.54 Å². The summed E-state index contributed by atoms with van der Waals surface area (Å²) in [6.07, 6.45) is 0. The minimum Gasteiger partial charge on any atom is -0.454 e. The first kappa shape index (κ1) is 13.5. The number of hydrogen-bond acceptors (Lipinski definition) is 2. The number of benzene rings is 2. The van der Waals surface area contributed by atoms with Crippen LogP contribution in [0, 0.1) is 11.6 Å². The van der Waals surface area contributed by atoms with Crippen molar-refractivity contribution in [3.8, 4) is 11.5 Å². The molecule has 0 spiro atoms. The lowest BCUT2D eigenvalue weighted by Gasteiger charge is -2.09. The van der Waals surface area contributed by atoms with E-state index >= 15 is 0 Å². The van der Waals surface area contributed by atoms with Gasteiger partial charge in [-0.3, -0.25) is 0 Å². The lowest BCUT2D eigenvalue weighted by Crippen LogP contribution is -2.11. The molecule has 4 heteroatoms. The molecule has 0 radical (unpaired) electrons. The second-order valence-electron chi connectivity index (χ2n) is 4.10. The number of nitrogens with one attached hydrogen (secondary N) is 1. The van der Waals surface area contributed by atoms with Gasteiger partial charge in [0.2, 0.25) is 0 Å². The predicted octanol–water partition coefficient (Wildman–Crippen LogP) is 3.87. The van der Waals surface area contributed by atoms with Crippen LogP contribution in [0.4, 0.5) is 8.78 Å². The van der Waals surface area contributed by atoms with Gasteiger partial charge in [-0.1, -0.05) is 19.1 Å². The van der Waals surface area contributed by atoms with Gasteiger partial charge in [0.05, 0.1) is 0 Å². The fourth-order valence-electron chi connectivity index (χ4n) is 1.67. The molecule has 2 aromatic rings. The maximum atomic E-state index is 13.5. The molecular weight excluding hydrogens is 248 g/mol. The molecule has 0 amide bonds. The van der Waals surface area contributed by atoms with Crippen molar-refractivity contribution in [2.75, 3.05) is 6.54 Å². The summed E-state index contributed by atoms with van der Waals surface area (Å²) in [5, 5.41) is 3.19.